The predicted octanol–water partition coefficient (Wildman–Crippen LogP) is 3.07. The van der Waals surface area contributed by atoms with Crippen molar-refractivity contribution in [2.45, 2.75) is 33.1 Å². The first-order valence-corrected chi connectivity index (χ1v) is 4.91. The largest absolute Gasteiger partial charge is 0.478 e. The average Bonchev–Trinajstić information content (AvgIpc) is 2.16. The Kier molecular flexibility index (Phi) is 3.28. The van der Waals surface area contributed by atoms with Gasteiger partial charge in [-0.2, -0.15) is 0 Å². The summed E-state index contributed by atoms with van der Waals surface area (Å²) in [7, 11) is 0. The molecule has 0 spiro atoms. The Morgan fingerprint density at radius 2 is 2.00 bits per heavy atom. The third-order valence-electron chi connectivity index (χ3n) is 2.34. The zero-order valence-corrected chi connectivity index (χ0v) is 8.87. The Balaban J connectivity index is 3.20. The van der Waals surface area contributed by atoms with Gasteiger partial charge >= 0.3 is 5.97 Å². The van der Waals surface area contributed by atoms with Crippen molar-refractivity contribution in [1.82, 2.24) is 0 Å². The van der Waals surface area contributed by atoms with Crippen LogP contribution < -0.4 is 0 Å². The van der Waals surface area contributed by atoms with Crippen LogP contribution in [-0.2, 0) is 6.42 Å². The van der Waals surface area contributed by atoms with E-state index in [1.54, 1.807) is 12.1 Å². The van der Waals surface area contributed by atoms with Crippen LogP contribution >= 0.6 is 0 Å². The molecule has 0 bridgehead atoms. The summed E-state index contributed by atoms with van der Waals surface area (Å²) in [6.07, 6.45) is 0.876. The molecule has 0 aliphatic rings. The lowest BCUT2D eigenvalue weighted by atomic mass is 9.97. The van der Waals surface area contributed by atoms with E-state index in [1.165, 1.54) is 0 Å². The Morgan fingerprint density at radius 1 is 1.36 bits per heavy atom. The molecule has 0 aliphatic carbocycles. The summed E-state index contributed by atoms with van der Waals surface area (Å²) in [5.74, 6) is -0.471. The van der Waals surface area contributed by atoms with Crippen molar-refractivity contribution in [3.63, 3.8) is 0 Å². The molecule has 1 aromatic carbocycles. The number of aromatic carboxylic acids is 1. The van der Waals surface area contributed by atoms with Crippen LogP contribution in [0, 0.1) is 0 Å². The molecule has 0 atom stereocenters. The Labute approximate surface area is 84.6 Å². The van der Waals surface area contributed by atoms with E-state index in [-0.39, 0.29) is 0 Å². The van der Waals surface area contributed by atoms with Gasteiger partial charge in [-0.05, 0) is 35.6 Å². The quantitative estimate of drug-likeness (QED) is 0.799. The molecule has 0 unspecified atom stereocenters. The van der Waals surface area contributed by atoms with Crippen molar-refractivity contribution in [1.29, 1.82) is 0 Å². The maximum atomic E-state index is 10.8. The lowest BCUT2D eigenvalue weighted by Gasteiger charge is -2.09. The van der Waals surface area contributed by atoms with E-state index in [9.17, 15) is 4.79 Å². The second-order valence-corrected chi connectivity index (χ2v) is 3.78. The minimum Gasteiger partial charge on any atom is -0.478 e. The minimum absolute atomic E-state index is 0.375. The number of carboxylic acids is 1. The highest BCUT2D eigenvalue weighted by Gasteiger charge is 2.08. The molecule has 0 saturated heterocycles. The Morgan fingerprint density at radius 3 is 2.43 bits per heavy atom. The number of carbonyl (C=O) groups is 1. The normalized spacial score (nSPS) is 10.6. The molecule has 0 amide bonds. The topological polar surface area (TPSA) is 37.3 Å². The van der Waals surface area contributed by atoms with Gasteiger partial charge in [0.25, 0.3) is 0 Å². The summed E-state index contributed by atoms with van der Waals surface area (Å²) >= 11 is 0. The number of rotatable bonds is 3. The zero-order chi connectivity index (χ0) is 10.7. The molecule has 0 aliphatic heterocycles. The van der Waals surface area contributed by atoms with Crippen LogP contribution in [0.1, 0.15) is 48.2 Å². The van der Waals surface area contributed by atoms with E-state index < -0.39 is 5.97 Å². The van der Waals surface area contributed by atoms with Crippen LogP contribution in [0.3, 0.4) is 0 Å². The SMILES string of the molecule is CCc1cc(C(=O)O)cc(C(C)C)c1. The first-order chi connectivity index (χ1) is 6.54. The van der Waals surface area contributed by atoms with Gasteiger partial charge in [-0.15, -0.1) is 0 Å². The third-order valence-corrected chi connectivity index (χ3v) is 2.34. The van der Waals surface area contributed by atoms with E-state index in [1.807, 2.05) is 6.92 Å². The fraction of sp³-hybridized carbons (Fsp3) is 0.417. The van der Waals surface area contributed by atoms with E-state index in [0.717, 1.165) is 17.5 Å². The fourth-order valence-electron chi connectivity index (χ4n) is 1.38. The van der Waals surface area contributed by atoms with Gasteiger partial charge in [-0.1, -0.05) is 26.8 Å². The first kappa shape index (κ1) is 10.8. The van der Waals surface area contributed by atoms with Gasteiger partial charge in [-0.25, -0.2) is 4.79 Å². The maximum Gasteiger partial charge on any atom is 0.335 e. The molecular weight excluding hydrogens is 176 g/mol. The van der Waals surface area contributed by atoms with Crippen LogP contribution in [0.2, 0.25) is 0 Å². The Bertz CT molecular complexity index is 340. The number of hydrogen-bond donors (Lipinski definition) is 1. The van der Waals surface area contributed by atoms with Gasteiger partial charge in [0.2, 0.25) is 0 Å². The second kappa shape index (κ2) is 4.27. The molecule has 1 aromatic rings. The zero-order valence-electron chi connectivity index (χ0n) is 8.87. The molecule has 0 heterocycles. The van der Waals surface area contributed by atoms with Gasteiger partial charge < -0.3 is 5.11 Å². The number of aryl methyl sites for hydroxylation is 1. The molecule has 2 heteroatoms. The molecule has 0 fully saturated rings. The summed E-state index contributed by atoms with van der Waals surface area (Å²) in [5.41, 5.74) is 2.59. The summed E-state index contributed by atoms with van der Waals surface area (Å²) in [4.78, 5) is 10.8. The van der Waals surface area contributed by atoms with Gasteiger partial charge in [-0.3, -0.25) is 0 Å². The fourth-order valence-corrected chi connectivity index (χ4v) is 1.38. The number of benzene rings is 1. The van der Waals surface area contributed by atoms with Crippen molar-refractivity contribution in [3.05, 3.63) is 34.9 Å². The van der Waals surface area contributed by atoms with Gasteiger partial charge in [0, 0.05) is 0 Å². The lowest BCUT2D eigenvalue weighted by Crippen LogP contribution is -2.00. The summed E-state index contributed by atoms with van der Waals surface area (Å²) in [6, 6.07) is 5.58. The van der Waals surface area contributed by atoms with Crippen molar-refractivity contribution < 1.29 is 9.90 Å². The molecule has 1 rings (SSSR count). The first-order valence-electron chi connectivity index (χ1n) is 4.91. The molecule has 0 aromatic heterocycles. The average molecular weight is 192 g/mol. The van der Waals surface area contributed by atoms with Gasteiger partial charge in [0.1, 0.15) is 0 Å². The molecule has 1 N–H and O–H groups in total. The van der Waals surface area contributed by atoms with Crippen molar-refractivity contribution in [3.8, 4) is 0 Å². The van der Waals surface area contributed by atoms with Crippen LogP contribution in [-0.4, -0.2) is 11.1 Å². The van der Waals surface area contributed by atoms with Crippen molar-refractivity contribution >= 4 is 5.97 Å². The Hall–Kier alpha value is -1.31. The van der Waals surface area contributed by atoms with Crippen LogP contribution in [0.4, 0.5) is 0 Å². The van der Waals surface area contributed by atoms with Crippen molar-refractivity contribution in [2.75, 3.05) is 0 Å². The van der Waals surface area contributed by atoms with Crippen molar-refractivity contribution in [2.24, 2.45) is 0 Å². The standard InChI is InChI=1S/C12H16O2/c1-4-9-5-10(8(2)3)7-11(6-9)12(13)14/h5-8H,4H2,1-3H3,(H,13,14). The van der Waals surface area contributed by atoms with Crippen LogP contribution in [0.25, 0.3) is 0 Å². The highest BCUT2D eigenvalue weighted by atomic mass is 16.4. The molecule has 14 heavy (non-hydrogen) atoms. The van der Waals surface area contributed by atoms with Gasteiger partial charge in [0.05, 0.1) is 5.56 Å². The van der Waals surface area contributed by atoms with E-state index in [2.05, 4.69) is 19.9 Å². The molecular formula is C12H16O2. The smallest absolute Gasteiger partial charge is 0.335 e. The predicted molar refractivity (Wildman–Crippen MR) is 56.9 cm³/mol. The maximum absolute atomic E-state index is 10.8. The summed E-state index contributed by atoms with van der Waals surface area (Å²) in [5, 5.41) is 8.91. The minimum atomic E-state index is -0.845. The summed E-state index contributed by atoms with van der Waals surface area (Å²) < 4.78 is 0. The molecule has 0 radical (unpaired) electrons. The third kappa shape index (κ3) is 2.34. The molecule has 76 valence electrons. The second-order valence-electron chi connectivity index (χ2n) is 3.78. The van der Waals surface area contributed by atoms with E-state index >= 15 is 0 Å². The number of hydrogen-bond acceptors (Lipinski definition) is 1. The van der Waals surface area contributed by atoms with E-state index in [0.29, 0.717) is 11.5 Å². The summed E-state index contributed by atoms with van der Waals surface area (Å²) in [6.45, 7) is 6.17. The highest BCUT2D eigenvalue weighted by Crippen LogP contribution is 2.18. The highest BCUT2D eigenvalue weighted by molar-refractivity contribution is 5.88. The molecule has 2 nitrogen and oxygen atoms in total. The lowest BCUT2D eigenvalue weighted by molar-refractivity contribution is 0.0696. The van der Waals surface area contributed by atoms with Crippen LogP contribution in [0.5, 0.6) is 0 Å². The van der Waals surface area contributed by atoms with Gasteiger partial charge in [0.15, 0.2) is 0 Å². The van der Waals surface area contributed by atoms with Crippen LogP contribution in [0.15, 0.2) is 18.2 Å². The molecule has 0 saturated carbocycles. The monoisotopic (exact) mass is 192 g/mol. The number of carboxylic acid groups (broad SMARTS) is 1. The van der Waals surface area contributed by atoms with E-state index in [4.69, 9.17) is 5.11 Å².